The zero-order chi connectivity index (χ0) is 26.8. The standard InChI is InChI=1S/C31H28FN3O4/c1-31(19-37-20-31)35-25-16-33-14-13-24(25)34-30(35)23-15-26(36-2)28(38-17-21-9-5-3-6-10-21)29(27(23)32)39-18-22-11-7-4-8-12-22/h3-16H,17-20H2,1-2H3. The molecule has 0 N–H and O–H groups in total. The van der Waals surface area contributed by atoms with Crippen LogP contribution in [0.5, 0.6) is 17.2 Å². The van der Waals surface area contributed by atoms with Gasteiger partial charge >= 0.3 is 0 Å². The van der Waals surface area contributed by atoms with Crippen LogP contribution < -0.4 is 14.2 Å². The number of fused-ring (bicyclic) bond motifs is 1. The summed E-state index contributed by atoms with van der Waals surface area (Å²) in [5, 5.41) is 0. The molecule has 0 aliphatic carbocycles. The molecule has 1 fully saturated rings. The fourth-order valence-electron chi connectivity index (χ4n) is 4.81. The van der Waals surface area contributed by atoms with E-state index < -0.39 is 11.4 Å². The quantitative estimate of drug-likeness (QED) is 0.230. The zero-order valence-electron chi connectivity index (χ0n) is 21.8. The molecule has 8 heteroatoms. The number of nitrogens with zero attached hydrogens (tertiary/aromatic N) is 3. The summed E-state index contributed by atoms with van der Waals surface area (Å²) in [6.07, 6.45) is 3.42. The van der Waals surface area contributed by atoms with Crippen LogP contribution in [0.15, 0.2) is 85.2 Å². The third-order valence-electron chi connectivity index (χ3n) is 6.88. The molecular formula is C31H28FN3O4. The summed E-state index contributed by atoms with van der Waals surface area (Å²) in [6.45, 7) is 3.39. The number of hydrogen-bond donors (Lipinski definition) is 0. The summed E-state index contributed by atoms with van der Waals surface area (Å²) in [5.41, 5.74) is 3.18. The van der Waals surface area contributed by atoms with Crippen molar-refractivity contribution in [2.45, 2.75) is 25.7 Å². The molecule has 0 saturated carbocycles. The van der Waals surface area contributed by atoms with Crippen LogP contribution in [0.3, 0.4) is 0 Å². The average Bonchev–Trinajstić information content (AvgIpc) is 3.35. The Bertz CT molecular complexity index is 1600. The number of methoxy groups -OCH3 is 1. The van der Waals surface area contributed by atoms with Crippen LogP contribution >= 0.6 is 0 Å². The fraction of sp³-hybridized carbons (Fsp3) is 0.226. The van der Waals surface area contributed by atoms with Crippen molar-refractivity contribution in [2.75, 3.05) is 20.3 Å². The SMILES string of the molecule is COc1cc(-c2nc3ccncc3n2C2(C)COC2)c(F)c(OCc2ccccc2)c1OCc1ccccc1. The minimum absolute atomic E-state index is 0.0316. The summed E-state index contributed by atoms with van der Waals surface area (Å²) < 4.78 is 42.2. The maximum atomic E-state index is 16.6. The molecule has 39 heavy (non-hydrogen) atoms. The van der Waals surface area contributed by atoms with E-state index in [2.05, 4.69) is 11.9 Å². The number of ether oxygens (including phenoxy) is 4. The van der Waals surface area contributed by atoms with Gasteiger partial charge in [0, 0.05) is 6.20 Å². The average molecular weight is 526 g/mol. The Morgan fingerprint density at radius 1 is 0.923 bits per heavy atom. The predicted octanol–water partition coefficient (Wildman–Crippen LogP) is 6.15. The van der Waals surface area contributed by atoms with Gasteiger partial charge < -0.3 is 23.5 Å². The highest BCUT2D eigenvalue weighted by Gasteiger charge is 2.40. The fourth-order valence-corrected chi connectivity index (χ4v) is 4.81. The lowest BCUT2D eigenvalue weighted by Crippen LogP contribution is -2.49. The first-order valence-corrected chi connectivity index (χ1v) is 12.7. The molecule has 6 rings (SSSR count). The van der Waals surface area contributed by atoms with Crippen LogP contribution in [-0.2, 0) is 23.5 Å². The van der Waals surface area contributed by atoms with Crippen molar-refractivity contribution >= 4 is 11.0 Å². The van der Waals surface area contributed by atoms with Crippen LogP contribution in [0.4, 0.5) is 4.39 Å². The molecule has 7 nitrogen and oxygen atoms in total. The molecule has 0 amide bonds. The van der Waals surface area contributed by atoms with E-state index in [0.717, 1.165) is 16.6 Å². The van der Waals surface area contributed by atoms with Gasteiger partial charge in [-0.2, -0.15) is 0 Å². The molecule has 1 aliphatic heterocycles. The molecule has 1 saturated heterocycles. The van der Waals surface area contributed by atoms with Crippen LogP contribution in [0.25, 0.3) is 22.4 Å². The number of rotatable bonds is 9. The van der Waals surface area contributed by atoms with Crippen molar-refractivity contribution in [3.63, 3.8) is 0 Å². The number of aromatic nitrogens is 3. The van der Waals surface area contributed by atoms with Crippen LogP contribution in [0.1, 0.15) is 18.1 Å². The van der Waals surface area contributed by atoms with Crippen molar-refractivity contribution in [1.29, 1.82) is 0 Å². The van der Waals surface area contributed by atoms with Gasteiger partial charge in [-0.25, -0.2) is 9.37 Å². The second kappa shape index (κ2) is 10.4. The molecule has 2 aromatic heterocycles. The first-order valence-electron chi connectivity index (χ1n) is 12.7. The lowest BCUT2D eigenvalue weighted by Gasteiger charge is -2.40. The van der Waals surface area contributed by atoms with E-state index in [0.29, 0.717) is 30.3 Å². The monoisotopic (exact) mass is 525 g/mol. The van der Waals surface area contributed by atoms with Gasteiger partial charge in [0.05, 0.1) is 48.7 Å². The highest BCUT2D eigenvalue weighted by atomic mass is 19.1. The van der Waals surface area contributed by atoms with Gasteiger partial charge in [0.15, 0.2) is 11.6 Å². The van der Waals surface area contributed by atoms with Crippen molar-refractivity contribution in [2.24, 2.45) is 0 Å². The van der Waals surface area contributed by atoms with Gasteiger partial charge in [0.25, 0.3) is 0 Å². The van der Waals surface area contributed by atoms with Gasteiger partial charge in [0.2, 0.25) is 11.5 Å². The second-order valence-corrected chi connectivity index (χ2v) is 9.77. The van der Waals surface area contributed by atoms with Crippen molar-refractivity contribution in [3.8, 4) is 28.6 Å². The minimum Gasteiger partial charge on any atom is -0.493 e. The van der Waals surface area contributed by atoms with E-state index >= 15 is 4.39 Å². The Kier molecular flexibility index (Phi) is 6.62. The van der Waals surface area contributed by atoms with Crippen molar-refractivity contribution < 1.29 is 23.3 Å². The molecule has 3 heterocycles. The summed E-state index contributed by atoms with van der Waals surface area (Å²) in [7, 11) is 1.53. The van der Waals surface area contributed by atoms with E-state index in [1.807, 2.05) is 71.3 Å². The number of halogens is 1. The topological polar surface area (TPSA) is 67.6 Å². The molecule has 5 aromatic rings. The molecular weight excluding hydrogens is 497 g/mol. The number of imidazole rings is 1. The molecule has 0 radical (unpaired) electrons. The largest absolute Gasteiger partial charge is 0.493 e. The van der Waals surface area contributed by atoms with Gasteiger partial charge in [-0.15, -0.1) is 0 Å². The van der Waals surface area contributed by atoms with Crippen LogP contribution in [-0.4, -0.2) is 34.9 Å². The predicted molar refractivity (Wildman–Crippen MR) is 145 cm³/mol. The van der Waals surface area contributed by atoms with Crippen molar-refractivity contribution in [3.05, 3.63) is 102 Å². The number of benzene rings is 3. The summed E-state index contributed by atoms with van der Waals surface area (Å²) >= 11 is 0. The maximum absolute atomic E-state index is 16.6. The molecule has 1 aliphatic rings. The van der Waals surface area contributed by atoms with Crippen molar-refractivity contribution in [1.82, 2.24) is 14.5 Å². The van der Waals surface area contributed by atoms with Gasteiger partial charge in [0.1, 0.15) is 19.0 Å². The number of hydrogen-bond acceptors (Lipinski definition) is 6. The molecule has 198 valence electrons. The van der Waals surface area contributed by atoms with Gasteiger partial charge in [-0.05, 0) is 30.2 Å². The number of pyridine rings is 1. The van der Waals surface area contributed by atoms with E-state index in [1.165, 1.54) is 7.11 Å². The summed E-state index contributed by atoms with van der Waals surface area (Å²) in [4.78, 5) is 9.12. The smallest absolute Gasteiger partial charge is 0.207 e. The highest BCUT2D eigenvalue weighted by molar-refractivity contribution is 5.82. The Labute approximate surface area is 225 Å². The van der Waals surface area contributed by atoms with E-state index in [9.17, 15) is 0 Å². The normalized spacial score (nSPS) is 14.1. The van der Waals surface area contributed by atoms with Gasteiger partial charge in [-0.1, -0.05) is 60.7 Å². The third kappa shape index (κ3) is 4.68. The summed E-state index contributed by atoms with van der Waals surface area (Å²) in [5.74, 6) is 0.371. The molecule has 0 unspecified atom stereocenters. The first-order chi connectivity index (χ1) is 19.1. The lowest BCUT2D eigenvalue weighted by atomic mass is 9.99. The van der Waals surface area contributed by atoms with Gasteiger partial charge in [-0.3, -0.25) is 4.98 Å². The second-order valence-electron chi connectivity index (χ2n) is 9.77. The van der Waals surface area contributed by atoms with Crippen LogP contribution in [0.2, 0.25) is 0 Å². The minimum atomic E-state index is -0.580. The Balaban J connectivity index is 1.50. The Morgan fingerprint density at radius 3 is 2.15 bits per heavy atom. The molecule has 0 bridgehead atoms. The molecule has 0 atom stereocenters. The van der Waals surface area contributed by atoms with E-state index in [-0.39, 0.29) is 30.3 Å². The van der Waals surface area contributed by atoms with E-state index in [4.69, 9.17) is 23.9 Å². The zero-order valence-corrected chi connectivity index (χ0v) is 21.8. The highest BCUT2D eigenvalue weighted by Crippen LogP contribution is 2.46. The lowest BCUT2D eigenvalue weighted by molar-refractivity contribution is -0.0868. The molecule has 3 aromatic carbocycles. The maximum Gasteiger partial charge on any atom is 0.207 e. The Morgan fingerprint density at radius 2 is 1.56 bits per heavy atom. The first kappa shape index (κ1) is 24.9. The summed E-state index contributed by atoms with van der Waals surface area (Å²) in [6, 6.07) is 22.7. The van der Waals surface area contributed by atoms with E-state index in [1.54, 1.807) is 18.5 Å². The van der Waals surface area contributed by atoms with Crippen LogP contribution in [0, 0.1) is 5.82 Å². The third-order valence-corrected chi connectivity index (χ3v) is 6.88. The Hall–Kier alpha value is -4.43. The molecule has 0 spiro atoms.